The third-order valence-corrected chi connectivity index (χ3v) is 7.07. The Morgan fingerprint density at radius 2 is 1.97 bits per heavy atom. The lowest BCUT2D eigenvalue weighted by atomic mass is 9.99. The normalized spacial score (nSPS) is 16.3. The first-order chi connectivity index (χ1) is 18.4. The Morgan fingerprint density at radius 3 is 2.71 bits per heavy atom. The number of benzene rings is 2. The zero-order valence-electron chi connectivity index (χ0n) is 21.8. The molecule has 2 aromatic carbocycles. The number of nitrogens with one attached hydrogen (secondary N) is 1. The molecule has 38 heavy (non-hydrogen) atoms. The molecule has 2 aromatic rings. The Labute approximate surface area is 223 Å². The number of rotatable bonds is 11. The fourth-order valence-electron chi connectivity index (χ4n) is 4.99. The molecule has 0 bridgehead atoms. The second-order valence-electron chi connectivity index (χ2n) is 9.48. The Kier molecular flexibility index (Phi) is 8.98. The highest BCUT2D eigenvalue weighted by Crippen LogP contribution is 2.30. The van der Waals surface area contributed by atoms with Crippen LogP contribution in [0.1, 0.15) is 40.7 Å². The number of hydrogen-bond acceptors (Lipinski definition) is 8. The van der Waals surface area contributed by atoms with E-state index >= 15 is 0 Å². The molecular formula is C28H36N6O4. The molecule has 4 rings (SSSR count). The summed E-state index contributed by atoms with van der Waals surface area (Å²) in [6, 6.07) is 12.9. The average molecular weight is 521 g/mol. The van der Waals surface area contributed by atoms with Crippen LogP contribution in [0.2, 0.25) is 0 Å². The lowest BCUT2D eigenvalue weighted by Gasteiger charge is -2.29. The monoisotopic (exact) mass is 520 g/mol. The number of morpholine rings is 1. The third-order valence-electron chi connectivity index (χ3n) is 7.07. The first-order valence-corrected chi connectivity index (χ1v) is 12.9. The minimum atomic E-state index is -0.693. The maximum atomic E-state index is 13.1. The Hall–Kier alpha value is -3.89. The molecule has 0 aliphatic carbocycles. The summed E-state index contributed by atoms with van der Waals surface area (Å²) in [6.45, 7) is 3.42. The van der Waals surface area contributed by atoms with E-state index in [1.807, 2.05) is 30.3 Å². The molecule has 0 radical (unpaired) electrons. The van der Waals surface area contributed by atoms with Crippen molar-refractivity contribution < 1.29 is 19.1 Å². The predicted octanol–water partition coefficient (Wildman–Crippen LogP) is 1.69. The molecule has 2 aliphatic heterocycles. The van der Waals surface area contributed by atoms with Crippen LogP contribution in [-0.4, -0.2) is 62.4 Å². The second-order valence-corrected chi connectivity index (χ2v) is 9.48. The van der Waals surface area contributed by atoms with E-state index in [4.69, 9.17) is 16.3 Å². The maximum Gasteiger partial charge on any atom is 0.255 e. The molecule has 1 atom stereocenters. The van der Waals surface area contributed by atoms with Crippen molar-refractivity contribution in [2.75, 3.05) is 43.3 Å². The zero-order chi connectivity index (χ0) is 27.1. The van der Waals surface area contributed by atoms with Crippen molar-refractivity contribution in [3.05, 3.63) is 71.1 Å². The number of anilines is 2. The molecule has 2 aliphatic rings. The molecule has 10 nitrogen and oxygen atoms in total. The minimum absolute atomic E-state index is 0.196. The number of likely N-dealkylation sites (N-methyl/N-ethyl adjacent to an activating group) is 1. The van der Waals surface area contributed by atoms with Crippen molar-refractivity contribution in [2.24, 2.45) is 11.6 Å². The highest BCUT2D eigenvalue weighted by Gasteiger charge is 2.36. The van der Waals surface area contributed by atoms with Crippen molar-refractivity contribution in [3.63, 3.8) is 0 Å². The highest BCUT2D eigenvalue weighted by atomic mass is 16.5. The lowest BCUT2D eigenvalue weighted by Crippen LogP contribution is -2.46. The van der Waals surface area contributed by atoms with E-state index in [0.717, 1.165) is 41.9 Å². The first-order valence-electron chi connectivity index (χ1n) is 12.9. The molecular weight excluding hydrogens is 484 g/mol. The van der Waals surface area contributed by atoms with Gasteiger partial charge in [-0.25, -0.2) is 5.84 Å². The van der Waals surface area contributed by atoms with Gasteiger partial charge in [0.25, 0.3) is 5.91 Å². The topological polar surface area (TPSA) is 134 Å². The molecule has 1 fully saturated rings. The molecule has 2 amide bonds. The summed E-state index contributed by atoms with van der Waals surface area (Å²) in [7, 11) is 1.53. The Bertz CT molecular complexity index is 1190. The fourth-order valence-corrected chi connectivity index (χ4v) is 4.99. The van der Waals surface area contributed by atoms with Crippen LogP contribution in [-0.2, 0) is 27.3 Å². The Morgan fingerprint density at radius 1 is 1.21 bits per heavy atom. The van der Waals surface area contributed by atoms with Crippen LogP contribution in [0, 0.1) is 0 Å². The van der Waals surface area contributed by atoms with E-state index in [1.165, 1.54) is 12.1 Å². The first kappa shape index (κ1) is 27.2. The van der Waals surface area contributed by atoms with Gasteiger partial charge in [0.15, 0.2) is 0 Å². The summed E-state index contributed by atoms with van der Waals surface area (Å²) in [5.74, 6) is 5.85. The molecule has 2 heterocycles. The molecule has 5 N–H and O–H groups in total. The number of nitrogens with zero attached hydrogens (tertiary/aromatic N) is 3. The summed E-state index contributed by atoms with van der Waals surface area (Å²) in [4.78, 5) is 40.3. The minimum Gasteiger partial charge on any atom is -0.401 e. The van der Waals surface area contributed by atoms with Gasteiger partial charge in [-0.15, -0.1) is 0 Å². The Balaban J connectivity index is 1.43. The van der Waals surface area contributed by atoms with Gasteiger partial charge in [-0.05, 0) is 54.7 Å². The predicted molar refractivity (Wildman–Crippen MR) is 146 cm³/mol. The van der Waals surface area contributed by atoms with Crippen LogP contribution in [0.3, 0.4) is 0 Å². The van der Waals surface area contributed by atoms with E-state index in [0.29, 0.717) is 43.9 Å². The van der Waals surface area contributed by atoms with Gasteiger partial charge in [-0.3, -0.25) is 14.6 Å². The summed E-state index contributed by atoms with van der Waals surface area (Å²) in [6.07, 6.45) is 4.15. The van der Waals surface area contributed by atoms with Crippen LogP contribution in [0.25, 0.3) is 0 Å². The highest BCUT2D eigenvalue weighted by molar-refractivity contribution is 6.01. The quantitative estimate of drug-likeness (QED) is 0.232. The molecule has 10 heteroatoms. The number of aldehydes is 1. The van der Waals surface area contributed by atoms with Gasteiger partial charge in [0, 0.05) is 56.3 Å². The van der Waals surface area contributed by atoms with Crippen molar-refractivity contribution in [1.29, 1.82) is 0 Å². The largest absolute Gasteiger partial charge is 0.401 e. The van der Waals surface area contributed by atoms with Crippen LogP contribution < -0.4 is 26.8 Å². The van der Waals surface area contributed by atoms with Crippen LogP contribution >= 0.6 is 0 Å². The number of nitrogens with two attached hydrogens (primary N) is 2. The third kappa shape index (κ3) is 6.15. The summed E-state index contributed by atoms with van der Waals surface area (Å²) in [5, 5.41) is 4.14. The standard InChI is InChI=1S/C28H36N6O4/c1-31-27(36)26(9-4-14-35)33-19-25-20(5-2-8-24(25)28(33)37)10-11-21(29)18-34(30)23-7-3-6-22(17-23)32-12-15-38-16-13-32/h2-3,5-8,14,17-18,26H,4,9-13,15-16,19,29-30H2,1H3,(H,31,36)/b21-18-. The number of allylic oxidation sites excluding steroid dienone is 1. The SMILES string of the molecule is CNC(=O)C(CCC=O)N1Cc2c(CC/C(N)=C/N(N)c3cccc(N4CCOCC4)c3)cccc2C1=O. The lowest BCUT2D eigenvalue weighted by molar-refractivity contribution is -0.125. The number of ether oxygens (including phenoxy) is 1. The van der Waals surface area contributed by atoms with Crippen molar-refractivity contribution in [2.45, 2.75) is 38.3 Å². The van der Waals surface area contributed by atoms with Crippen LogP contribution in [0.5, 0.6) is 0 Å². The van der Waals surface area contributed by atoms with Crippen molar-refractivity contribution in [1.82, 2.24) is 10.2 Å². The number of amides is 2. The molecule has 0 saturated carbocycles. The smallest absolute Gasteiger partial charge is 0.255 e. The van der Waals surface area contributed by atoms with Crippen LogP contribution in [0.15, 0.2) is 54.4 Å². The average Bonchev–Trinajstić information content (AvgIpc) is 3.29. The van der Waals surface area contributed by atoms with Gasteiger partial charge < -0.3 is 30.4 Å². The van der Waals surface area contributed by atoms with Gasteiger partial charge in [-0.1, -0.05) is 18.2 Å². The van der Waals surface area contributed by atoms with Crippen LogP contribution in [0.4, 0.5) is 11.4 Å². The van der Waals surface area contributed by atoms with Gasteiger partial charge >= 0.3 is 0 Å². The molecule has 0 spiro atoms. The number of fused-ring (bicyclic) bond motifs is 1. The maximum absolute atomic E-state index is 13.1. The molecule has 0 aromatic heterocycles. The number of hydrogen-bond donors (Lipinski definition) is 3. The number of carbonyl (C=O) groups is 3. The second kappa shape index (κ2) is 12.6. The zero-order valence-corrected chi connectivity index (χ0v) is 21.8. The molecule has 202 valence electrons. The van der Waals surface area contributed by atoms with Gasteiger partial charge in [0.05, 0.1) is 18.9 Å². The van der Waals surface area contributed by atoms with E-state index in [9.17, 15) is 14.4 Å². The molecule has 1 saturated heterocycles. The van der Waals surface area contributed by atoms with E-state index in [-0.39, 0.29) is 24.7 Å². The fraction of sp³-hybridized carbons (Fsp3) is 0.393. The van der Waals surface area contributed by atoms with E-state index < -0.39 is 6.04 Å². The van der Waals surface area contributed by atoms with Crippen molar-refractivity contribution in [3.8, 4) is 0 Å². The van der Waals surface area contributed by atoms with Gasteiger partial charge in [0.1, 0.15) is 12.3 Å². The number of carbonyl (C=O) groups excluding carboxylic acids is 3. The van der Waals surface area contributed by atoms with Gasteiger partial charge in [-0.2, -0.15) is 0 Å². The van der Waals surface area contributed by atoms with E-state index in [1.54, 1.807) is 17.2 Å². The van der Waals surface area contributed by atoms with Crippen molar-refractivity contribution >= 4 is 29.5 Å². The number of aryl methyl sites for hydroxylation is 1. The van der Waals surface area contributed by atoms with E-state index in [2.05, 4.69) is 16.3 Å². The summed E-state index contributed by atoms with van der Waals surface area (Å²) >= 11 is 0. The van der Waals surface area contributed by atoms with Gasteiger partial charge in [0.2, 0.25) is 5.91 Å². The number of hydrazine groups is 1. The molecule has 1 unspecified atom stereocenters. The summed E-state index contributed by atoms with van der Waals surface area (Å²) < 4.78 is 5.44. The summed E-state index contributed by atoms with van der Waals surface area (Å²) in [5.41, 5.74) is 11.4.